The molecule has 0 radical (unpaired) electrons. The quantitative estimate of drug-likeness (QED) is 0.915. The minimum Gasteiger partial charge on any atom is -0.390 e. The molecule has 1 N–H and O–H groups in total. The van der Waals surface area contributed by atoms with Gasteiger partial charge in [0.05, 0.1) is 30.0 Å². The van der Waals surface area contributed by atoms with Gasteiger partial charge in [-0.15, -0.1) is 0 Å². The molecule has 26 heavy (non-hydrogen) atoms. The molecule has 1 amide bonds. The summed E-state index contributed by atoms with van der Waals surface area (Å²) in [4.78, 5) is 14.6. The first-order valence-corrected chi connectivity index (χ1v) is 9.34. The summed E-state index contributed by atoms with van der Waals surface area (Å²) in [5.74, 6) is 0.00413. The summed E-state index contributed by atoms with van der Waals surface area (Å²) in [7, 11) is 0. The fourth-order valence-corrected chi connectivity index (χ4v) is 3.99. The van der Waals surface area contributed by atoms with Crippen molar-refractivity contribution in [3.8, 4) is 0 Å². The highest BCUT2D eigenvalue weighted by molar-refractivity contribution is 5.93. The minimum atomic E-state index is -0.452. The number of amides is 1. The number of piperidine rings is 1. The zero-order valence-corrected chi connectivity index (χ0v) is 14.9. The maximum Gasteiger partial charge on any atom is 0.257 e. The molecule has 1 unspecified atom stereocenters. The van der Waals surface area contributed by atoms with Crippen LogP contribution in [0.5, 0.6) is 0 Å². The summed E-state index contributed by atoms with van der Waals surface area (Å²) in [6.45, 7) is 2.58. The molecule has 1 aromatic carbocycles. The molecule has 2 saturated heterocycles. The van der Waals surface area contributed by atoms with Gasteiger partial charge in [-0.2, -0.15) is 5.10 Å². The van der Waals surface area contributed by atoms with Crippen LogP contribution in [0.1, 0.15) is 41.6 Å². The Bertz CT molecular complexity index is 751. The second kappa shape index (κ2) is 7.21. The number of likely N-dealkylation sites (tertiary alicyclic amines) is 1. The lowest BCUT2D eigenvalue weighted by Crippen LogP contribution is -2.56. The van der Waals surface area contributed by atoms with Gasteiger partial charge < -0.3 is 14.7 Å². The number of aliphatic hydroxyl groups is 1. The highest BCUT2D eigenvalue weighted by Crippen LogP contribution is 2.35. The van der Waals surface area contributed by atoms with E-state index in [1.165, 1.54) is 0 Å². The predicted molar refractivity (Wildman–Crippen MR) is 96.8 cm³/mol. The van der Waals surface area contributed by atoms with Crippen molar-refractivity contribution in [2.45, 2.75) is 43.9 Å². The number of hydrogen-bond acceptors (Lipinski definition) is 4. The summed E-state index contributed by atoms with van der Waals surface area (Å²) in [5.41, 5.74) is 1.31. The Hall–Kier alpha value is -2.18. The monoisotopic (exact) mass is 355 g/mol. The zero-order chi connectivity index (χ0) is 18.0. The van der Waals surface area contributed by atoms with E-state index in [0.29, 0.717) is 44.6 Å². The molecule has 2 fully saturated rings. The van der Waals surface area contributed by atoms with Gasteiger partial charge in [0.2, 0.25) is 0 Å². The van der Waals surface area contributed by atoms with Crippen LogP contribution in [0.25, 0.3) is 0 Å². The zero-order valence-electron chi connectivity index (χ0n) is 14.9. The maximum atomic E-state index is 12.8. The number of carbonyl (C=O) groups excluding carboxylic acids is 1. The second-order valence-electron chi connectivity index (χ2n) is 7.28. The molecule has 0 aliphatic carbocycles. The van der Waals surface area contributed by atoms with Crippen LogP contribution in [0.3, 0.4) is 0 Å². The van der Waals surface area contributed by atoms with Gasteiger partial charge in [0.25, 0.3) is 5.91 Å². The Kier molecular flexibility index (Phi) is 4.78. The molecule has 2 aliphatic rings. The summed E-state index contributed by atoms with van der Waals surface area (Å²) >= 11 is 0. The normalized spacial score (nSPS) is 22.5. The van der Waals surface area contributed by atoms with Crippen molar-refractivity contribution in [2.75, 3.05) is 19.7 Å². The molecule has 2 aliphatic heterocycles. The van der Waals surface area contributed by atoms with E-state index in [-0.39, 0.29) is 5.91 Å². The van der Waals surface area contributed by atoms with Crippen molar-refractivity contribution in [3.63, 3.8) is 0 Å². The predicted octanol–water partition coefficient (Wildman–Crippen LogP) is 2.08. The molecule has 2 aromatic rings. The number of rotatable bonds is 3. The van der Waals surface area contributed by atoms with E-state index >= 15 is 0 Å². The van der Waals surface area contributed by atoms with Gasteiger partial charge in [0.1, 0.15) is 0 Å². The average molecular weight is 355 g/mol. The summed E-state index contributed by atoms with van der Waals surface area (Å²) < 4.78 is 7.71. The third-order valence-electron chi connectivity index (χ3n) is 5.58. The van der Waals surface area contributed by atoms with E-state index in [4.69, 9.17) is 4.74 Å². The molecule has 3 heterocycles. The number of aliphatic hydroxyl groups excluding tert-OH is 1. The lowest BCUT2D eigenvalue weighted by Gasteiger charge is -2.46. The van der Waals surface area contributed by atoms with Crippen molar-refractivity contribution in [1.82, 2.24) is 14.7 Å². The molecule has 1 atom stereocenters. The second-order valence-corrected chi connectivity index (χ2v) is 7.28. The lowest BCUT2D eigenvalue weighted by atomic mass is 9.82. The van der Waals surface area contributed by atoms with Gasteiger partial charge in [-0.05, 0) is 31.2 Å². The number of aromatic nitrogens is 2. The lowest BCUT2D eigenvalue weighted by molar-refractivity contribution is -0.174. The van der Waals surface area contributed by atoms with Crippen LogP contribution in [-0.2, 0) is 11.3 Å². The number of nitrogens with zero attached hydrogens (tertiary/aromatic N) is 3. The number of benzene rings is 1. The van der Waals surface area contributed by atoms with Gasteiger partial charge >= 0.3 is 0 Å². The van der Waals surface area contributed by atoms with Crippen LogP contribution in [0.2, 0.25) is 0 Å². The number of hydrogen-bond donors (Lipinski definition) is 1. The summed E-state index contributed by atoms with van der Waals surface area (Å²) in [6.07, 6.45) is 6.12. The molecule has 6 nitrogen and oxygen atoms in total. The molecule has 6 heteroatoms. The van der Waals surface area contributed by atoms with Crippen molar-refractivity contribution < 1.29 is 14.6 Å². The van der Waals surface area contributed by atoms with Crippen LogP contribution >= 0.6 is 0 Å². The highest BCUT2D eigenvalue weighted by atomic mass is 16.5. The van der Waals surface area contributed by atoms with Crippen LogP contribution in [0.15, 0.2) is 42.7 Å². The van der Waals surface area contributed by atoms with Crippen molar-refractivity contribution in [2.24, 2.45) is 0 Å². The van der Waals surface area contributed by atoms with Crippen molar-refractivity contribution >= 4 is 5.91 Å². The van der Waals surface area contributed by atoms with Crippen molar-refractivity contribution in [1.29, 1.82) is 0 Å². The third kappa shape index (κ3) is 3.39. The largest absolute Gasteiger partial charge is 0.390 e. The molecule has 0 bridgehead atoms. The smallest absolute Gasteiger partial charge is 0.257 e. The van der Waals surface area contributed by atoms with Gasteiger partial charge in [0.15, 0.2) is 0 Å². The van der Waals surface area contributed by atoms with Crippen LogP contribution in [0, 0.1) is 0 Å². The van der Waals surface area contributed by atoms with E-state index in [1.54, 1.807) is 10.9 Å². The molecule has 1 aromatic heterocycles. The fraction of sp³-hybridized carbons (Fsp3) is 0.500. The first kappa shape index (κ1) is 17.2. The van der Waals surface area contributed by atoms with Crippen molar-refractivity contribution in [3.05, 3.63) is 53.9 Å². The molecule has 0 saturated carbocycles. The van der Waals surface area contributed by atoms with Crippen LogP contribution < -0.4 is 0 Å². The topological polar surface area (TPSA) is 67.6 Å². The molecule has 4 rings (SSSR count). The van der Waals surface area contributed by atoms with Gasteiger partial charge in [-0.1, -0.05) is 30.3 Å². The van der Waals surface area contributed by atoms with E-state index in [2.05, 4.69) is 5.10 Å². The number of ether oxygens (including phenoxy) is 1. The summed E-state index contributed by atoms with van der Waals surface area (Å²) in [6, 6.07) is 10.1. The maximum absolute atomic E-state index is 12.8. The van der Waals surface area contributed by atoms with Crippen LogP contribution in [-0.4, -0.2) is 57.1 Å². The number of carbonyl (C=O) groups is 1. The minimum absolute atomic E-state index is 0.00413. The van der Waals surface area contributed by atoms with E-state index in [1.807, 2.05) is 41.4 Å². The standard InChI is InChI=1S/C20H25N3O3/c24-18-7-4-12-26-20(18)8-10-22(11-9-20)19(25)17-13-21-23(15-17)14-16-5-2-1-3-6-16/h1-3,5-6,13,15,18,24H,4,7-12,14H2. The first-order valence-electron chi connectivity index (χ1n) is 9.34. The fourth-order valence-electron chi connectivity index (χ4n) is 3.99. The Morgan fingerprint density at radius 2 is 2.04 bits per heavy atom. The Morgan fingerprint density at radius 1 is 1.27 bits per heavy atom. The Labute approximate surface area is 153 Å². The summed E-state index contributed by atoms with van der Waals surface area (Å²) in [5, 5.41) is 14.7. The highest BCUT2D eigenvalue weighted by Gasteiger charge is 2.44. The molecule has 1 spiro atoms. The molecule has 138 valence electrons. The van der Waals surface area contributed by atoms with E-state index in [0.717, 1.165) is 18.4 Å². The van der Waals surface area contributed by atoms with Gasteiger partial charge in [0, 0.05) is 25.9 Å². The van der Waals surface area contributed by atoms with Crippen LogP contribution in [0.4, 0.5) is 0 Å². The molecular formula is C20H25N3O3. The Balaban J connectivity index is 1.38. The third-order valence-corrected chi connectivity index (χ3v) is 5.58. The molecular weight excluding hydrogens is 330 g/mol. The van der Waals surface area contributed by atoms with E-state index in [9.17, 15) is 9.90 Å². The Morgan fingerprint density at radius 3 is 2.77 bits per heavy atom. The SMILES string of the molecule is O=C(c1cnn(Cc2ccccc2)c1)N1CCC2(CC1)OCCCC2O. The first-order chi connectivity index (χ1) is 12.7. The average Bonchev–Trinajstić information content (AvgIpc) is 3.14. The van der Waals surface area contributed by atoms with Gasteiger partial charge in [-0.3, -0.25) is 9.48 Å². The van der Waals surface area contributed by atoms with Gasteiger partial charge in [-0.25, -0.2) is 0 Å². The van der Waals surface area contributed by atoms with E-state index < -0.39 is 11.7 Å².